The van der Waals surface area contributed by atoms with Gasteiger partial charge in [-0.15, -0.1) is 22.7 Å². The summed E-state index contributed by atoms with van der Waals surface area (Å²) < 4.78 is 5.50. The van der Waals surface area contributed by atoms with E-state index >= 15 is 0 Å². The lowest BCUT2D eigenvalue weighted by Crippen LogP contribution is -2.04. The van der Waals surface area contributed by atoms with E-state index in [-0.39, 0.29) is 0 Å². The molecule has 3 aromatic heterocycles. The second kappa shape index (κ2) is 6.53. The van der Waals surface area contributed by atoms with Gasteiger partial charge in [0.05, 0.1) is 20.4 Å². The number of hydrogen-bond donors (Lipinski definition) is 0. The van der Waals surface area contributed by atoms with Crippen LogP contribution in [0.2, 0.25) is 0 Å². The summed E-state index contributed by atoms with van der Waals surface area (Å²) in [5, 5.41) is 4.46. The number of fused-ring (bicyclic) bond motifs is 3. The Labute approximate surface area is 135 Å². The summed E-state index contributed by atoms with van der Waals surface area (Å²) in [7, 11) is 0. The largest absolute Gasteiger partial charge is 0.339 e. The van der Waals surface area contributed by atoms with E-state index in [4.69, 9.17) is 0 Å². The molecule has 0 bridgehead atoms. The molecule has 21 heavy (non-hydrogen) atoms. The summed E-state index contributed by atoms with van der Waals surface area (Å²) in [5.41, 5.74) is 2.88. The monoisotopic (exact) mass is 319 g/mol. The molecule has 0 fully saturated rings. The van der Waals surface area contributed by atoms with Crippen molar-refractivity contribution in [2.75, 3.05) is 0 Å². The Balaban J connectivity index is 1.66. The third kappa shape index (κ3) is 3.19. The van der Waals surface area contributed by atoms with Gasteiger partial charge in [0.15, 0.2) is 0 Å². The quantitative estimate of drug-likeness (QED) is 0.453. The zero-order chi connectivity index (χ0) is 14.8. The van der Waals surface area contributed by atoms with Crippen molar-refractivity contribution in [1.82, 2.24) is 4.57 Å². The molecule has 0 spiro atoms. The lowest BCUT2D eigenvalue weighted by molar-refractivity contribution is 0.419. The second-order valence-corrected chi connectivity index (χ2v) is 8.47. The van der Waals surface area contributed by atoms with Crippen LogP contribution in [0, 0.1) is 11.8 Å². The molecular weight excluding hydrogens is 294 g/mol. The summed E-state index contributed by atoms with van der Waals surface area (Å²) in [5.74, 6) is 1.67. The summed E-state index contributed by atoms with van der Waals surface area (Å²) in [6.07, 6.45) is 5.42. The molecule has 1 nitrogen and oxygen atoms in total. The van der Waals surface area contributed by atoms with Crippen LogP contribution in [0.15, 0.2) is 22.9 Å². The highest BCUT2D eigenvalue weighted by Crippen LogP contribution is 2.36. The van der Waals surface area contributed by atoms with E-state index in [1.165, 1.54) is 46.1 Å². The van der Waals surface area contributed by atoms with Crippen molar-refractivity contribution in [3.05, 3.63) is 22.9 Å². The van der Waals surface area contributed by atoms with Crippen molar-refractivity contribution in [1.29, 1.82) is 0 Å². The minimum atomic E-state index is 0.827. The average Bonchev–Trinajstić information content (AvgIpc) is 3.09. The Hall–Kier alpha value is -0.800. The van der Waals surface area contributed by atoms with Crippen LogP contribution in [0.3, 0.4) is 0 Å². The summed E-state index contributed by atoms with van der Waals surface area (Å²) in [6, 6.07) is 4.58. The fourth-order valence-corrected chi connectivity index (χ4v) is 5.08. The van der Waals surface area contributed by atoms with Crippen molar-refractivity contribution in [3.8, 4) is 0 Å². The van der Waals surface area contributed by atoms with Gasteiger partial charge < -0.3 is 4.57 Å². The van der Waals surface area contributed by atoms with Gasteiger partial charge in [-0.05, 0) is 41.1 Å². The molecule has 3 aromatic rings. The molecule has 114 valence electrons. The van der Waals surface area contributed by atoms with E-state index in [2.05, 4.69) is 48.2 Å². The number of hydrogen-bond acceptors (Lipinski definition) is 2. The zero-order valence-corrected chi connectivity index (χ0v) is 14.9. The SMILES string of the molecule is CC(C)CCC[C@H](C)CCn1c2ccsc2c2sccc21. The van der Waals surface area contributed by atoms with E-state index in [9.17, 15) is 0 Å². The molecule has 0 saturated carbocycles. The molecular formula is C18H25NS2. The first-order chi connectivity index (χ1) is 10.2. The maximum Gasteiger partial charge on any atom is 0.0700 e. The van der Waals surface area contributed by atoms with Crippen LogP contribution in [-0.4, -0.2) is 4.57 Å². The van der Waals surface area contributed by atoms with E-state index in [1.807, 2.05) is 22.7 Å². The van der Waals surface area contributed by atoms with Crippen molar-refractivity contribution in [2.45, 2.75) is 53.0 Å². The molecule has 3 rings (SSSR count). The van der Waals surface area contributed by atoms with Gasteiger partial charge in [-0.25, -0.2) is 0 Å². The van der Waals surface area contributed by atoms with Crippen molar-refractivity contribution in [2.24, 2.45) is 11.8 Å². The van der Waals surface area contributed by atoms with E-state index < -0.39 is 0 Å². The van der Waals surface area contributed by atoms with Gasteiger partial charge in [-0.2, -0.15) is 0 Å². The summed E-state index contributed by atoms with van der Waals surface area (Å²) in [4.78, 5) is 0. The third-order valence-electron chi connectivity index (χ3n) is 4.40. The molecule has 0 aliphatic rings. The predicted molar refractivity (Wildman–Crippen MR) is 97.7 cm³/mol. The Morgan fingerprint density at radius 2 is 1.52 bits per heavy atom. The molecule has 0 aliphatic carbocycles. The first-order valence-electron chi connectivity index (χ1n) is 8.09. The smallest absolute Gasteiger partial charge is 0.0700 e. The number of aromatic nitrogens is 1. The van der Waals surface area contributed by atoms with Gasteiger partial charge in [0.2, 0.25) is 0 Å². The lowest BCUT2D eigenvalue weighted by atomic mass is 9.97. The molecule has 3 heteroatoms. The topological polar surface area (TPSA) is 4.93 Å². The molecule has 0 amide bonds. The molecule has 1 atom stereocenters. The van der Waals surface area contributed by atoms with Gasteiger partial charge in [0.1, 0.15) is 0 Å². The van der Waals surface area contributed by atoms with Gasteiger partial charge in [0, 0.05) is 6.54 Å². The predicted octanol–water partition coefficient (Wildman–Crippen LogP) is 6.77. The van der Waals surface area contributed by atoms with Crippen LogP contribution in [0.1, 0.15) is 46.5 Å². The summed E-state index contributed by atoms with van der Waals surface area (Å²) in [6.45, 7) is 8.23. The third-order valence-corrected chi connectivity index (χ3v) is 6.37. The van der Waals surface area contributed by atoms with Gasteiger partial charge in [-0.3, -0.25) is 0 Å². The van der Waals surface area contributed by atoms with Crippen molar-refractivity contribution >= 4 is 43.1 Å². The fourth-order valence-electron chi connectivity index (χ4n) is 3.11. The normalized spacial score (nSPS) is 13.7. The van der Waals surface area contributed by atoms with Crippen LogP contribution in [-0.2, 0) is 6.54 Å². The lowest BCUT2D eigenvalue weighted by Gasteiger charge is -2.13. The molecule has 0 N–H and O–H groups in total. The number of rotatable bonds is 7. The zero-order valence-electron chi connectivity index (χ0n) is 13.3. The average molecular weight is 320 g/mol. The Morgan fingerprint density at radius 3 is 2.10 bits per heavy atom. The second-order valence-electron chi connectivity index (χ2n) is 6.64. The molecule has 0 aliphatic heterocycles. The Kier molecular flexibility index (Phi) is 4.70. The van der Waals surface area contributed by atoms with Crippen LogP contribution in [0.4, 0.5) is 0 Å². The first-order valence-corrected chi connectivity index (χ1v) is 9.85. The highest BCUT2D eigenvalue weighted by Gasteiger charge is 2.13. The van der Waals surface area contributed by atoms with Crippen LogP contribution in [0.25, 0.3) is 20.4 Å². The number of aryl methyl sites for hydroxylation is 1. The van der Waals surface area contributed by atoms with Crippen LogP contribution in [0.5, 0.6) is 0 Å². The van der Waals surface area contributed by atoms with Crippen molar-refractivity contribution in [3.63, 3.8) is 0 Å². The number of nitrogens with zero attached hydrogens (tertiary/aromatic N) is 1. The minimum Gasteiger partial charge on any atom is -0.339 e. The van der Waals surface area contributed by atoms with E-state index in [1.54, 1.807) is 0 Å². The van der Waals surface area contributed by atoms with E-state index in [0.29, 0.717) is 0 Å². The van der Waals surface area contributed by atoms with Gasteiger partial charge in [0.25, 0.3) is 0 Å². The molecule has 0 aromatic carbocycles. The number of thiophene rings is 2. The van der Waals surface area contributed by atoms with Crippen LogP contribution < -0.4 is 0 Å². The maximum atomic E-state index is 2.54. The maximum absolute atomic E-state index is 2.54. The van der Waals surface area contributed by atoms with Gasteiger partial charge in [-0.1, -0.05) is 40.0 Å². The van der Waals surface area contributed by atoms with E-state index in [0.717, 1.165) is 18.4 Å². The molecule has 0 unspecified atom stereocenters. The highest BCUT2D eigenvalue weighted by molar-refractivity contribution is 7.25. The first kappa shape index (κ1) is 15.1. The van der Waals surface area contributed by atoms with Gasteiger partial charge >= 0.3 is 0 Å². The minimum absolute atomic E-state index is 0.827. The van der Waals surface area contributed by atoms with Crippen molar-refractivity contribution < 1.29 is 0 Å². The highest BCUT2D eigenvalue weighted by atomic mass is 32.1. The Bertz CT molecular complexity index is 653. The van der Waals surface area contributed by atoms with Crippen LogP contribution >= 0.6 is 22.7 Å². The molecule has 0 radical (unpaired) electrons. The summed E-state index contributed by atoms with van der Waals surface area (Å²) >= 11 is 3.77. The standard InChI is InChI=1S/C18H25NS2/c1-13(2)5-4-6-14(3)7-10-19-15-8-11-20-17(15)18-16(19)9-12-21-18/h8-9,11-14H,4-7,10H2,1-3H3/t14-/m0/s1. The fraction of sp³-hybridized carbons (Fsp3) is 0.556. The Morgan fingerprint density at radius 1 is 0.905 bits per heavy atom. The molecule has 3 heterocycles. The molecule has 0 saturated heterocycles.